The highest BCUT2D eigenvalue weighted by atomic mass is 16.2. The summed E-state index contributed by atoms with van der Waals surface area (Å²) in [6, 6.07) is 20.6. The molecule has 6 rings (SSSR count). The van der Waals surface area contributed by atoms with Gasteiger partial charge in [0.05, 0.1) is 5.69 Å². The monoisotopic (exact) mass is 371 g/mol. The van der Waals surface area contributed by atoms with Gasteiger partial charge in [-0.1, -0.05) is 42.5 Å². The molecule has 1 aromatic heterocycles. The van der Waals surface area contributed by atoms with Gasteiger partial charge in [-0.25, -0.2) is 0 Å². The van der Waals surface area contributed by atoms with E-state index in [-0.39, 0.29) is 11.9 Å². The predicted octanol–water partition coefficient (Wildman–Crippen LogP) is 3.97. The molecule has 3 aliphatic heterocycles. The van der Waals surface area contributed by atoms with Crippen molar-refractivity contribution < 1.29 is 4.79 Å². The van der Waals surface area contributed by atoms with Crippen LogP contribution in [0.4, 0.5) is 0 Å². The summed E-state index contributed by atoms with van der Waals surface area (Å²) in [5, 5.41) is 2.19. The van der Waals surface area contributed by atoms with E-state index in [9.17, 15) is 4.79 Å². The molecule has 0 radical (unpaired) electrons. The molecule has 3 aromatic rings. The third kappa shape index (κ3) is 3.29. The van der Waals surface area contributed by atoms with Gasteiger partial charge in [0.25, 0.3) is 5.91 Å². The summed E-state index contributed by atoms with van der Waals surface area (Å²) in [7, 11) is 0. The van der Waals surface area contributed by atoms with Gasteiger partial charge in [0.2, 0.25) is 0 Å². The van der Waals surface area contributed by atoms with Crippen molar-refractivity contribution in [3.8, 4) is 0 Å². The topological polar surface area (TPSA) is 36.4 Å². The molecule has 4 heterocycles. The number of pyridine rings is 1. The van der Waals surface area contributed by atoms with Crippen molar-refractivity contribution in [2.45, 2.75) is 25.4 Å². The molecule has 4 heteroatoms. The molecule has 2 atom stereocenters. The maximum absolute atomic E-state index is 13.5. The highest BCUT2D eigenvalue weighted by Gasteiger charge is 2.37. The van der Waals surface area contributed by atoms with Crippen LogP contribution in [0.15, 0.2) is 66.9 Å². The second-order valence-corrected chi connectivity index (χ2v) is 8.10. The predicted molar refractivity (Wildman–Crippen MR) is 111 cm³/mol. The minimum absolute atomic E-state index is 0.186. The number of carbonyl (C=O) groups excluding carboxylic acids is 1. The molecular weight excluding hydrogens is 346 g/mol. The highest BCUT2D eigenvalue weighted by molar-refractivity contribution is 6.07. The first kappa shape index (κ1) is 17.4. The second-order valence-electron chi connectivity index (χ2n) is 8.10. The summed E-state index contributed by atoms with van der Waals surface area (Å²) in [4.78, 5) is 22.6. The van der Waals surface area contributed by atoms with Crippen LogP contribution in [0.3, 0.4) is 0 Å². The molecule has 28 heavy (non-hydrogen) atoms. The van der Waals surface area contributed by atoms with Crippen molar-refractivity contribution in [3.63, 3.8) is 0 Å². The van der Waals surface area contributed by atoms with Gasteiger partial charge >= 0.3 is 0 Å². The normalized spacial score (nSPS) is 22.4. The zero-order chi connectivity index (χ0) is 18.9. The second kappa shape index (κ2) is 7.36. The van der Waals surface area contributed by atoms with E-state index >= 15 is 0 Å². The Labute approximate surface area is 165 Å². The van der Waals surface area contributed by atoms with Gasteiger partial charge in [0.1, 0.15) is 0 Å². The van der Waals surface area contributed by atoms with E-state index in [2.05, 4.69) is 39.0 Å². The molecule has 3 saturated heterocycles. The average molecular weight is 371 g/mol. The van der Waals surface area contributed by atoms with Crippen LogP contribution in [0.1, 0.15) is 28.9 Å². The number of rotatable bonds is 3. The number of carbonyl (C=O) groups is 1. The summed E-state index contributed by atoms with van der Waals surface area (Å²) in [5.41, 5.74) is 1.94. The van der Waals surface area contributed by atoms with E-state index in [4.69, 9.17) is 0 Å². The highest BCUT2D eigenvalue weighted by Crippen LogP contribution is 2.31. The van der Waals surface area contributed by atoms with Crippen molar-refractivity contribution in [1.82, 2.24) is 14.8 Å². The Balaban J connectivity index is 1.40. The Morgan fingerprint density at radius 3 is 2.68 bits per heavy atom. The number of amides is 1. The summed E-state index contributed by atoms with van der Waals surface area (Å²) in [5.74, 6) is 0.729. The number of fused-ring (bicyclic) bond motifs is 5. The Morgan fingerprint density at radius 2 is 1.79 bits per heavy atom. The lowest BCUT2D eigenvalue weighted by atomic mass is 9.93. The maximum Gasteiger partial charge on any atom is 0.254 e. The van der Waals surface area contributed by atoms with Crippen LogP contribution < -0.4 is 0 Å². The standard InChI is InChI=1S/C24H25N3O/c28-24(23-10-5-7-19-6-1-2-9-22(19)23)27-15-18-11-12-21(27)17-26(14-18)16-20-8-3-4-13-25-20/h1-10,13,18,21H,11-12,14-17H2/t18-,21+/m1/s1. The number of hydrogen-bond donors (Lipinski definition) is 0. The van der Waals surface area contributed by atoms with Crippen LogP contribution in [0.2, 0.25) is 0 Å². The lowest BCUT2D eigenvalue weighted by Gasteiger charge is -2.36. The molecule has 1 amide bonds. The summed E-state index contributed by atoms with van der Waals surface area (Å²) >= 11 is 0. The molecule has 3 fully saturated rings. The number of aromatic nitrogens is 1. The van der Waals surface area contributed by atoms with Crippen LogP contribution >= 0.6 is 0 Å². The Kier molecular flexibility index (Phi) is 4.57. The van der Waals surface area contributed by atoms with E-state index in [0.29, 0.717) is 5.92 Å². The first-order valence-corrected chi connectivity index (χ1v) is 10.2. The fraction of sp³-hybridized carbons (Fsp3) is 0.333. The van der Waals surface area contributed by atoms with E-state index in [1.165, 1.54) is 6.42 Å². The quantitative estimate of drug-likeness (QED) is 0.699. The number of nitrogens with zero attached hydrogens (tertiary/aromatic N) is 3. The van der Waals surface area contributed by atoms with Gasteiger partial charge in [0, 0.05) is 44.0 Å². The Bertz CT molecular complexity index is 982. The van der Waals surface area contributed by atoms with Crippen LogP contribution in [-0.2, 0) is 6.54 Å². The molecule has 4 nitrogen and oxygen atoms in total. The van der Waals surface area contributed by atoms with Gasteiger partial charge in [-0.3, -0.25) is 14.7 Å². The van der Waals surface area contributed by atoms with E-state index in [1.54, 1.807) is 0 Å². The van der Waals surface area contributed by atoms with Crippen molar-refractivity contribution in [2.75, 3.05) is 19.6 Å². The molecule has 0 unspecified atom stereocenters. The van der Waals surface area contributed by atoms with Crippen molar-refractivity contribution in [3.05, 3.63) is 78.1 Å². The molecule has 0 N–H and O–H groups in total. The van der Waals surface area contributed by atoms with E-state index in [1.807, 2.05) is 42.6 Å². The third-order valence-electron chi connectivity index (χ3n) is 6.18. The number of hydrogen-bond acceptors (Lipinski definition) is 3. The fourth-order valence-electron chi connectivity index (χ4n) is 4.84. The van der Waals surface area contributed by atoms with Crippen LogP contribution in [0, 0.1) is 5.92 Å². The molecule has 0 aliphatic carbocycles. The maximum atomic E-state index is 13.5. The molecule has 142 valence electrons. The smallest absolute Gasteiger partial charge is 0.254 e. The van der Waals surface area contributed by atoms with Crippen molar-refractivity contribution >= 4 is 16.7 Å². The Morgan fingerprint density at radius 1 is 0.929 bits per heavy atom. The van der Waals surface area contributed by atoms with Gasteiger partial charge < -0.3 is 4.90 Å². The first-order valence-electron chi connectivity index (χ1n) is 10.2. The van der Waals surface area contributed by atoms with Crippen molar-refractivity contribution in [1.29, 1.82) is 0 Å². The summed E-state index contributed by atoms with van der Waals surface area (Å²) in [6.07, 6.45) is 4.17. The summed E-state index contributed by atoms with van der Waals surface area (Å²) < 4.78 is 0. The van der Waals surface area contributed by atoms with Gasteiger partial charge in [-0.05, 0) is 47.7 Å². The molecular formula is C24H25N3O. The van der Waals surface area contributed by atoms with Crippen molar-refractivity contribution in [2.24, 2.45) is 5.92 Å². The number of benzene rings is 2. The van der Waals surface area contributed by atoms with E-state index < -0.39 is 0 Å². The Hall–Kier alpha value is -2.72. The SMILES string of the molecule is O=C(c1cccc2ccccc12)N1C[C@@H]2CC[C@H]1CN(Cc1ccccn1)C2. The van der Waals surface area contributed by atoms with Gasteiger partial charge in [-0.2, -0.15) is 0 Å². The van der Waals surface area contributed by atoms with Crippen LogP contribution in [0.5, 0.6) is 0 Å². The molecule has 0 spiro atoms. The average Bonchev–Trinajstić information content (AvgIpc) is 3.04. The molecule has 0 saturated carbocycles. The minimum Gasteiger partial charge on any atom is -0.334 e. The van der Waals surface area contributed by atoms with Crippen LogP contribution in [0.25, 0.3) is 10.8 Å². The first-order chi connectivity index (χ1) is 13.8. The van der Waals surface area contributed by atoms with Crippen LogP contribution in [-0.4, -0.2) is 46.4 Å². The van der Waals surface area contributed by atoms with Gasteiger partial charge in [0.15, 0.2) is 0 Å². The van der Waals surface area contributed by atoms with Gasteiger partial charge in [-0.15, -0.1) is 0 Å². The lowest BCUT2D eigenvalue weighted by Crippen LogP contribution is -2.47. The zero-order valence-corrected chi connectivity index (χ0v) is 16.0. The summed E-state index contributed by atoms with van der Waals surface area (Å²) in [6.45, 7) is 3.71. The minimum atomic E-state index is 0.186. The number of piperidine rings is 1. The largest absolute Gasteiger partial charge is 0.334 e. The molecule has 2 bridgehead atoms. The third-order valence-corrected chi connectivity index (χ3v) is 6.18. The molecule has 2 aromatic carbocycles. The molecule has 3 aliphatic rings. The van der Waals surface area contributed by atoms with E-state index in [0.717, 1.165) is 54.6 Å². The zero-order valence-electron chi connectivity index (χ0n) is 16.0. The lowest BCUT2D eigenvalue weighted by molar-refractivity contribution is 0.0587. The fourth-order valence-corrected chi connectivity index (χ4v) is 4.84.